The number of amides is 3. The first-order valence-electron chi connectivity index (χ1n) is 11.5. The zero-order valence-electron chi connectivity index (χ0n) is 20.9. The number of ether oxygens (including phenoxy) is 2. The number of rotatable bonds is 9. The van der Waals surface area contributed by atoms with Gasteiger partial charge in [-0.15, -0.1) is 0 Å². The quantitative estimate of drug-likeness (QED) is 0.192. The van der Waals surface area contributed by atoms with Crippen molar-refractivity contribution >= 4 is 58.5 Å². The lowest BCUT2D eigenvalue weighted by molar-refractivity contribution is -0.136. The molecule has 0 spiro atoms. The van der Waals surface area contributed by atoms with E-state index < -0.39 is 11.8 Å². The largest absolute Gasteiger partial charge is 0.490 e. The highest BCUT2D eigenvalue weighted by Gasteiger charge is 2.15. The molecule has 38 heavy (non-hydrogen) atoms. The van der Waals surface area contributed by atoms with Gasteiger partial charge in [-0.2, -0.15) is 5.10 Å². The molecule has 0 aromatic heterocycles. The lowest BCUT2D eigenvalue weighted by Crippen LogP contribution is -2.32. The standard InChI is InChI=1S/C27H26Cl2N4O5/c1-4-37-23-13-18(14-30-33-27(36)26(35)32-21-7-5-6-20(28)25(21)29)9-11-22(23)38-15-24(34)31-19-10-8-16(2)17(3)12-19/h5-14H,4,15H2,1-3H3,(H,31,34)(H,32,35)(H,33,36)/b30-14-. The molecule has 3 amide bonds. The molecule has 0 aliphatic rings. The molecule has 198 valence electrons. The van der Waals surface area contributed by atoms with Crippen LogP contribution >= 0.6 is 23.2 Å². The van der Waals surface area contributed by atoms with E-state index in [0.717, 1.165) is 11.1 Å². The SMILES string of the molecule is CCOc1cc(/C=N\NC(=O)C(=O)Nc2cccc(Cl)c2Cl)ccc1OCC(=O)Nc1ccc(C)c(C)c1. The van der Waals surface area contributed by atoms with Crippen LogP contribution < -0.4 is 25.5 Å². The van der Waals surface area contributed by atoms with E-state index in [-0.39, 0.29) is 28.2 Å². The summed E-state index contributed by atoms with van der Waals surface area (Å²) in [6.07, 6.45) is 1.33. The summed E-state index contributed by atoms with van der Waals surface area (Å²) in [4.78, 5) is 36.5. The third-order valence-corrected chi connectivity index (χ3v) is 6.02. The molecule has 3 aromatic carbocycles. The van der Waals surface area contributed by atoms with Gasteiger partial charge in [0.05, 0.1) is 28.6 Å². The van der Waals surface area contributed by atoms with Crippen LogP contribution in [0.5, 0.6) is 11.5 Å². The number of hydrogen-bond acceptors (Lipinski definition) is 6. The molecular formula is C27H26Cl2N4O5. The lowest BCUT2D eigenvalue weighted by Gasteiger charge is -2.13. The van der Waals surface area contributed by atoms with E-state index in [0.29, 0.717) is 29.4 Å². The molecule has 3 aromatic rings. The Morgan fingerprint density at radius 3 is 2.42 bits per heavy atom. The molecule has 0 aliphatic heterocycles. The van der Waals surface area contributed by atoms with Gasteiger partial charge in [0.2, 0.25) is 0 Å². The predicted molar refractivity (Wildman–Crippen MR) is 148 cm³/mol. The molecule has 0 radical (unpaired) electrons. The van der Waals surface area contributed by atoms with Crippen LogP contribution in [-0.4, -0.2) is 37.1 Å². The smallest absolute Gasteiger partial charge is 0.329 e. The van der Waals surface area contributed by atoms with Crippen LogP contribution in [0.15, 0.2) is 59.7 Å². The van der Waals surface area contributed by atoms with E-state index in [4.69, 9.17) is 32.7 Å². The second kappa shape index (κ2) is 13.5. The molecule has 9 nitrogen and oxygen atoms in total. The van der Waals surface area contributed by atoms with Crippen molar-refractivity contribution < 1.29 is 23.9 Å². The maximum atomic E-state index is 12.3. The monoisotopic (exact) mass is 556 g/mol. The highest BCUT2D eigenvalue weighted by atomic mass is 35.5. The molecule has 0 fully saturated rings. The van der Waals surface area contributed by atoms with Crippen molar-refractivity contribution in [2.45, 2.75) is 20.8 Å². The Kier molecular flexibility index (Phi) is 10.1. The maximum Gasteiger partial charge on any atom is 0.329 e. The van der Waals surface area contributed by atoms with Gasteiger partial charge >= 0.3 is 11.8 Å². The molecule has 11 heteroatoms. The first kappa shape index (κ1) is 28.5. The molecule has 0 unspecified atom stereocenters. The minimum absolute atomic E-state index is 0.118. The summed E-state index contributed by atoms with van der Waals surface area (Å²) in [5.41, 5.74) is 5.78. The van der Waals surface area contributed by atoms with Gasteiger partial charge in [0.1, 0.15) is 0 Å². The van der Waals surface area contributed by atoms with Crippen molar-refractivity contribution in [1.82, 2.24) is 5.43 Å². The molecule has 0 aliphatic carbocycles. The molecule has 3 rings (SSSR count). The minimum atomic E-state index is -1.00. The zero-order chi connectivity index (χ0) is 27.7. The van der Waals surface area contributed by atoms with Gasteiger partial charge in [0.15, 0.2) is 18.1 Å². The van der Waals surface area contributed by atoms with Crippen LogP contribution in [0.3, 0.4) is 0 Å². The highest BCUT2D eigenvalue weighted by Crippen LogP contribution is 2.30. The number of aryl methyl sites for hydroxylation is 2. The molecular weight excluding hydrogens is 531 g/mol. The Morgan fingerprint density at radius 1 is 0.895 bits per heavy atom. The van der Waals surface area contributed by atoms with E-state index in [1.807, 2.05) is 39.0 Å². The average Bonchev–Trinajstić information content (AvgIpc) is 2.88. The number of hydrazone groups is 1. The summed E-state index contributed by atoms with van der Waals surface area (Å²) in [5, 5.41) is 9.33. The lowest BCUT2D eigenvalue weighted by atomic mass is 10.1. The first-order chi connectivity index (χ1) is 18.2. The van der Waals surface area contributed by atoms with Crippen molar-refractivity contribution in [3.05, 3.63) is 81.3 Å². The Bertz CT molecular complexity index is 1380. The Labute approximate surface area is 230 Å². The molecule has 0 saturated heterocycles. The van der Waals surface area contributed by atoms with Gasteiger partial charge in [-0.3, -0.25) is 14.4 Å². The predicted octanol–water partition coefficient (Wildman–Crippen LogP) is 5.12. The number of halogens is 2. The van der Waals surface area contributed by atoms with E-state index >= 15 is 0 Å². The van der Waals surface area contributed by atoms with Crippen LogP contribution in [-0.2, 0) is 14.4 Å². The number of carbonyl (C=O) groups is 3. The van der Waals surface area contributed by atoms with Crippen molar-refractivity contribution in [2.75, 3.05) is 23.8 Å². The van der Waals surface area contributed by atoms with Crippen LogP contribution in [0.4, 0.5) is 11.4 Å². The second-order valence-corrected chi connectivity index (χ2v) is 8.81. The van der Waals surface area contributed by atoms with Crippen molar-refractivity contribution in [3.8, 4) is 11.5 Å². The van der Waals surface area contributed by atoms with Crippen LogP contribution in [0, 0.1) is 13.8 Å². The fraction of sp³-hybridized carbons (Fsp3) is 0.185. The Hall–Kier alpha value is -4.08. The summed E-state index contributed by atoms with van der Waals surface area (Å²) < 4.78 is 11.3. The number of carbonyl (C=O) groups excluding carboxylic acids is 3. The third kappa shape index (κ3) is 7.96. The van der Waals surface area contributed by atoms with Gasteiger partial charge in [-0.05, 0) is 79.9 Å². The van der Waals surface area contributed by atoms with E-state index in [1.165, 1.54) is 12.3 Å². The Morgan fingerprint density at radius 2 is 1.68 bits per heavy atom. The van der Waals surface area contributed by atoms with Crippen LogP contribution in [0.2, 0.25) is 10.0 Å². The van der Waals surface area contributed by atoms with Crippen LogP contribution in [0.25, 0.3) is 0 Å². The average molecular weight is 557 g/mol. The van der Waals surface area contributed by atoms with Gasteiger partial charge in [-0.1, -0.05) is 35.3 Å². The summed E-state index contributed by atoms with van der Waals surface area (Å²) in [6.45, 7) is 5.91. The van der Waals surface area contributed by atoms with Gasteiger partial charge in [0, 0.05) is 5.69 Å². The first-order valence-corrected chi connectivity index (χ1v) is 12.3. The van der Waals surface area contributed by atoms with E-state index in [2.05, 4.69) is 21.2 Å². The Balaban J connectivity index is 1.57. The van der Waals surface area contributed by atoms with Gasteiger partial charge < -0.3 is 20.1 Å². The minimum Gasteiger partial charge on any atom is -0.490 e. The number of nitrogens with one attached hydrogen (secondary N) is 3. The fourth-order valence-corrected chi connectivity index (χ4v) is 3.50. The number of hydrogen-bond donors (Lipinski definition) is 3. The van der Waals surface area contributed by atoms with Crippen molar-refractivity contribution in [3.63, 3.8) is 0 Å². The molecule has 0 saturated carbocycles. The van der Waals surface area contributed by atoms with Gasteiger partial charge in [-0.25, -0.2) is 5.43 Å². The number of nitrogens with zero attached hydrogens (tertiary/aromatic N) is 1. The van der Waals surface area contributed by atoms with Gasteiger partial charge in [0.25, 0.3) is 5.91 Å². The summed E-state index contributed by atoms with van der Waals surface area (Å²) in [6, 6.07) is 15.2. The summed E-state index contributed by atoms with van der Waals surface area (Å²) in [7, 11) is 0. The van der Waals surface area contributed by atoms with E-state index in [1.54, 1.807) is 30.3 Å². The summed E-state index contributed by atoms with van der Waals surface area (Å²) in [5.74, 6) is -1.54. The van der Waals surface area contributed by atoms with Crippen molar-refractivity contribution in [2.24, 2.45) is 5.10 Å². The number of benzene rings is 3. The third-order valence-electron chi connectivity index (χ3n) is 5.20. The number of anilines is 2. The fourth-order valence-electron chi connectivity index (χ4n) is 3.15. The molecule has 3 N–H and O–H groups in total. The van der Waals surface area contributed by atoms with Crippen LogP contribution in [0.1, 0.15) is 23.6 Å². The second-order valence-electron chi connectivity index (χ2n) is 8.03. The summed E-state index contributed by atoms with van der Waals surface area (Å²) >= 11 is 11.9. The topological polar surface area (TPSA) is 118 Å². The zero-order valence-corrected chi connectivity index (χ0v) is 22.4. The maximum absolute atomic E-state index is 12.3. The normalized spacial score (nSPS) is 10.7. The highest BCUT2D eigenvalue weighted by molar-refractivity contribution is 6.45. The van der Waals surface area contributed by atoms with Crippen molar-refractivity contribution in [1.29, 1.82) is 0 Å². The molecule has 0 bridgehead atoms. The molecule has 0 heterocycles. The molecule has 0 atom stereocenters. The van der Waals surface area contributed by atoms with E-state index in [9.17, 15) is 14.4 Å².